The third-order valence-electron chi connectivity index (χ3n) is 3.95. The maximum absolute atomic E-state index is 6.33. The third-order valence-corrected chi connectivity index (χ3v) is 5.15. The van der Waals surface area contributed by atoms with E-state index in [-0.39, 0.29) is 0 Å². The second kappa shape index (κ2) is 4.39. The molecule has 2 heterocycles. The molecule has 2 nitrogen and oxygen atoms in total. The minimum atomic E-state index is 0.597. The molecule has 1 aliphatic carbocycles. The van der Waals surface area contributed by atoms with Crippen LogP contribution in [0, 0.1) is 5.92 Å². The summed E-state index contributed by atoms with van der Waals surface area (Å²) in [5.41, 5.74) is 9.88. The van der Waals surface area contributed by atoms with E-state index in [4.69, 9.17) is 5.73 Å². The predicted molar refractivity (Wildman–Crippen MR) is 79.1 cm³/mol. The summed E-state index contributed by atoms with van der Waals surface area (Å²) in [6, 6.07) is 0. The number of allylic oxidation sites excluding steroid dienone is 1. The quantitative estimate of drug-likeness (QED) is 0.834. The van der Waals surface area contributed by atoms with E-state index >= 15 is 0 Å². The van der Waals surface area contributed by atoms with Crippen molar-refractivity contribution in [1.82, 2.24) is 4.98 Å². The van der Waals surface area contributed by atoms with Gasteiger partial charge < -0.3 is 5.73 Å². The van der Waals surface area contributed by atoms with E-state index < -0.39 is 0 Å². The number of thiophene rings is 1. The number of hydrogen-bond donors (Lipinski definition) is 1. The van der Waals surface area contributed by atoms with Gasteiger partial charge in [0.25, 0.3) is 0 Å². The smallest absolute Gasteiger partial charge is 0.125 e. The average Bonchev–Trinajstić information content (AvgIpc) is 2.77. The molecule has 0 spiro atoms. The van der Waals surface area contributed by atoms with Crippen LogP contribution in [0.4, 0.5) is 5.69 Å². The summed E-state index contributed by atoms with van der Waals surface area (Å²) in [7, 11) is 0. The first-order valence-electron chi connectivity index (χ1n) is 6.54. The van der Waals surface area contributed by atoms with Crippen LogP contribution >= 0.6 is 11.3 Å². The molecule has 2 aromatic heterocycles. The minimum absolute atomic E-state index is 0.597. The van der Waals surface area contributed by atoms with Gasteiger partial charge in [-0.15, -0.1) is 17.9 Å². The summed E-state index contributed by atoms with van der Waals surface area (Å²) >= 11 is 1.82. The molecular weight excluding hydrogens is 240 g/mol. The van der Waals surface area contributed by atoms with Gasteiger partial charge in [-0.25, -0.2) is 4.98 Å². The maximum atomic E-state index is 6.33. The fraction of sp³-hybridized carbons (Fsp3) is 0.400. The Hall–Kier alpha value is -1.35. The molecule has 94 valence electrons. The van der Waals surface area contributed by atoms with E-state index in [1.165, 1.54) is 27.8 Å². The van der Waals surface area contributed by atoms with E-state index in [2.05, 4.69) is 24.6 Å². The van der Waals surface area contributed by atoms with Crippen molar-refractivity contribution in [2.24, 2.45) is 5.92 Å². The predicted octanol–water partition coefficient (Wildman–Crippen LogP) is 3.73. The zero-order valence-electron chi connectivity index (χ0n) is 10.7. The molecule has 0 saturated heterocycles. The van der Waals surface area contributed by atoms with Gasteiger partial charge in [-0.2, -0.15) is 0 Å². The van der Waals surface area contributed by atoms with Crippen LogP contribution in [0.15, 0.2) is 18.9 Å². The maximum Gasteiger partial charge on any atom is 0.125 e. The number of nitrogens with two attached hydrogens (primary N) is 1. The van der Waals surface area contributed by atoms with E-state index in [0.29, 0.717) is 5.92 Å². The zero-order chi connectivity index (χ0) is 12.7. The molecule has 1 aliphatic rings. The van der Waals surface area contributed by atoms with Crippen molar-refractivity contribution < 1.29 is 0 Å². The first-order valence-corrected chi connectivity index (χ1v) is 7.36. The van der Waals surface area contributed by atoms with Crippen LogP contribution in [0.2, 0.25) is 0 Å². The summed E-state index contributed by atoms with van der Waals surface area (Å²) in [5.74, 6) is 0.597. The summed E-state index contributed by atoms with van der Waals surface area (Å²) in [5, 5.41) is 1.22. The van der Waals surface area contributed by atoms with Gasteiger partial charge in [-0.05, 0) is 42.7 Å². The van der Waals surface area contributed by atoms with Crippen molar-refractivity contribution in [3.05, 3.63) is 34.9 Å². The average molecular weight is 258 g/mol. The summed E-state index contributed by atoms with van der Waals surface area (Å²) in [6.45, 7) is 6.06. The van der Waals surface area contributed by atoms with Gasteiger partial charge >= 0.3 is 0 Å². The molecule has 0 fully saturated rings. The summed E-state index contributed by atoms with van der Waals surface area (Å²) in [4.78, 5) is 7.17. The number of hydrogen-bond acceptors (Lipinski definition) is 3. The van der Waals surface area contributed by atoms with Crippen molar-refractivity contribution in [1.29, 1.82) is 0 Å². The third kappa shape index (κ3) is 1.65. The molecule has 0 amide bonds. The SMILES string of the molecule is C=CC1CCc2sc3ncc(CC)c(N)c3c2C1. The van der Waals surface area contributed by atoms with Gasteiger partial charge in [0.15, 0.2) is 0 Å². The van der Waals surface area contributed by atoms with Crippen molar-refractivity contribution in [2.75, 3.05) is 5.73 Å². The number of aryl methyl sites for hydroxylation is 2. The molecule has 2 N–H and O–H groups in total. The van der Waals surface area contributed by atoms with Gasteiger partial charge in [0.05, 0.1) is 0 Å². The van der Waals surface area contributed by atoms with E-state index in [1.807, 2.05) is 17.5 Å². The topological polar surface area (TPSA) is 38.9 Å². The molecule has 0 aromatic carbocycles. The van der Waals surface area contributed by atoms with Crippen molar-refractivity contribution >= 4 is 27.2 Å². The number of rotatable bonds is 2. The fourth-order valence-corrected chi connectivity index (χ4v) is 4.02. The highest BCUT2D eigenvalue weighted by Crippen LogP contribution is 2.40. The van der Waals surface area contributed by atoms with Crippen molar-refractivity contribution in [3.8, 4) is 0 Å². The number of nitrogen functional groups attached to an aromatic ring is 1. The van der Waals surface area contributed by atoms with Crippen LogP contribution in [0.1, 0.15) is 29.3 Å². The molecule has 3 rings (SSSR count). The van der Waals surface area contributed by atoms with Gasteiger partial charge in [0.2, 0.25) is 0 Å². The van der Waals surface area contributed by atoms with Crippen LogP contribution in [0.3, 0.4) is 0 Å². The van der Waals surface area contributed by atoms with Gasteiger partial charge in [0.1, 0.15) is 4.83 Å². The number of pyridine rings is 1. The summed E-state index contributed by atoms with van der Waals surface area (Å²) < 4.78 is 0. The van der Waals surface area contributed by atoms with Gasteiger partial charge in [-0.3, -0.25) is 0 Å². The molecule has 0 radical (unpaired) electrons. The fourth-order valence-electron chi connectivity index (χ4n) is 2.81. The molecule has 1 atom stereocenters. The Kier molecular flexibility index (Phi) is 2.86. The first-order chi connectivity index (χ1) is 8.74. The molecule has 1 unspecified atom stereocenters. The Labute approximate surface area is 112 Å². The van der Waals surface area contributed by atoms with Crippen LogP contribution in [-0.4, -0.2) is 4.98 Å². The highest BCUT2D eigenvalue weighted by atomic mass is 32.1. The lowest BCUT2D eigenvalue weighted by Crippen LogP contribution is -2.10. The van der Waals surface area contributed by atoms with Crippen molar-refractivity contribution in [3.63, 3.8) is 0 Å². The lowest BCUT2D eigenvalue weighted by Gasteiger charge is -2.19. The van der Waals surface area contributed by atoms with E-state index in [0.717, 1.165) is 29.8 Å². The number of anilines is 1. The van der Waals surface area contributed by atoms with E-state index in [9.17, 15) is 0 Å². The lowest BCUT2D eigenvalue weighted by molar-refractivity contribution is 0.563. The largest absolute Gasteiger partial charge is 0.398 e. The zero-order valence-corrected chi connectivity index (χ0v) is 11.5. The first kappa shape index (κ1) is 11.7. The number of nitrogens with zero attached hydrogens (tertiary/aromatic N) is 1. The van der Waals surface area contributed by atoms with Gasteiger partial charge in [-0.1, -0.05) is 13.0 Å². The van der Waals surface area contributed by atoms with Crippen LogP contribution in [0.25, 0.3) is 10.2 Å². The van der Waals surface area contributed by atoms with Crippen LogP contribution in [-0.2, 0) is 19.3 Å². The summed E-state index contributed by atoms with van der Waals surface area (Å²) in [6.07, 6.45) is 8.41. The second-order valence-corrected chi connectivity index (χ2v) is 6.06. The lowest BCUT2D eigenvalue weighted by atomic mass is 9.87. The number of aromatic nitrogens is 1. The Morgan fingerprint density at radius 1 is 1.61 bits per heavy atom. The highest BCUT2D eigenvalue weighted by Gasteiger charge is 2.23. The second-order valence-electron chi connectivity index (χ2n) is 4.97. The van der Waals surface area contributed by atoms with Crippen molar-refractivity contribution in [2.45, 2.75) is 32.6 Å². The highest BCUT2D eigenvalue weighted by molar-refractivity contribution is 7.19. The Bertz CT molecular complexity index is 612. The minimum Gasteiger partial charge on any atom is -0.398 e. The Balaban J connectivity index is 2.23. The van der Waals surface area contributed by atoms with E-state index in [1.54, 1.807) is 0 Å². The van der Waals surface area contributed by atoms with Crippen LogP contribution < -0.4 is 5.73 Å². The van der Waals surface area contributed by atoms with Crippen LogP contribution in [0.5, 0.6) is 0 Å². The Morgan fingerprint density at radius 2 is 2.44 bits per heavy atom. The monoisotopic (exact) mass is 258 g/mol. The molecule has 3 heteroatoms. The van der Waals surface area contributed by atoms with Gasteiger partial charge in [0, 0.05) is 22.1 Å². The molecule has 0 bridgehead atoms. The number of fused-ring (bicyclic) bond motifs is 3. The molecule has 2 aromatic rings. The Morgan fingerprint density at radius 3 is 3.17 bits per heavy atom. The molecule has 18 heavy (non-hydrogen) atoms. The standard InChI is InChI=1S/C15H18N2S/c1-3-9-5-6-12-11(7-9)13-14(16)10(4-2)8-17-15(13)18-12/h3,8-9H,1,4-7H2,2H3,(H2,16,17). The normalized spacial score (nSPS) is 18.8. The molecule has 0 aliphatic heterocycles. The molecular formula is C15H18N2S. The molecule has 0 saturated carbocycles.